The van der Waals surface area contributed by atoms with Crippen molar-refractivity contribution in [2.45, 2.75) is 27.3 Å². The van der Waals surface area contributed by atoms with Crippen LogP contribution in [0.5, 0.6) is 0 Å². The molecule has 0 saturated carbocycles. The predicted octanol–water partition coefficient (Wildman–Crippen LogP) is 1.15. The zero-order valence-corrected chi connectivity index (χ0v) is 10.0. The van der Waals surface area contributed by atoms with Crippen molar-refractivity contribution < 1.29 is 9.32 Å². The second-order valence-electron chi connectivity index (χ2n) is 4.09. The number of hydrogen-bond acceptors (Lipinski definition) is 3. The smallest absolute Gasteiger partial charge is 0.289 e. The van der Waals surface area contributed by atoms with Crippen LogP contribution in [0.3, 0.4) is 0 Å². The highest BCUT2D eigenvalue weighted by molar-refractivity contribution is 5.72. The van der Waals surface area contributed by atoms with E-state index in [9.17, 15) is 9.59 Å². The number of aryl methyl sites for hydroxylation is 2. The second kappa shape index (κ2) is 4.08. The average molecular weight is 234 g/mol. The lowest BCUT2D eigenvalue weighted by Gasteiger charge is -2.05. The maximum Gasteiger partial charge on any atom is 0.289 e. The van der Waals surface area contributed by atoms with Gasteiger partial charge in [0.1, 0.15) is 5.76 Å². The van der Waals surface area contributed by atoms with Crippen molar-refractivity contribution in [2.24, 2.45) is 0 Å². The Hall–Kier alpha value is -2.04. The molecule has 0 unspecified atom stereocenters. The summed E-state index contributed by atoms with van der Waals surface area (Å²) >= 11 is 0. The monoisotopic (exact) mass is 234 g/mol. The number of rotatable bonds is 2. The number of nitrogens with one attached hydrogen (secondary N) is 1. The molecular weight excluding hydrogens is 220 g/mol. The third-order valence-electron chi connectivity index (χ3n) is 2.62. The number of nitrogens with zero attached hydrogens (tertiary/aromatic N) is 1. The van der Waals surface area contributed by atoms with E-state index >= 15 is 0 Å². The highest BCUT2D eigenvalue weighted by Gasteiger charge is 2.11. The van der Waals surface area contributed by atoms with Crippen LogP contribution in [0.2, 0.25) is 0 Å². The Balaban J connectivity index is 2.55. The zero-order valence-electron chi connectivity index (χ0n) is 10.0. The van der Waals surface area contributed by atoms with E-state index in [0.29, 0.717) is 11.3 Å². The Morgan fingerprint density at radius 2 is 2.12 bits per heavy atom. The molecule has 0 aliphatic rings. The van der Waals surface area contributed by atoms with E-state index in [0.717, 1.165) is 11.1 Å². The molecule has 2 rings (SSSR count). The molecule has 2 aromatic rings. The molecule has 1 N–H and O–H groups in total. The molecule has 2 heterocycles. The SMILES string of the molecule is CC(=O)NCc1c(C)cc2cc(C)on2c1=O. The first-order chi connectivity index (χ1) is 7.99. The third-order valence-corrected chi connectivity index (χ3v) is 2.62. The van der Waals surface area contributed by atoms with Crippen LogP contribution in [0.25, 0.3) is 5.52 Å². The van der Waals surface area contributed by atoms with Crippen molar-refractivity contribution in [3.63, 3.8) is 0 Å². The molecule has 0 spiro atoms. The van der Waals surface area contributed by atoms with Gasteiger partial charge in [-0.2, -0.15) is 0 Å². The number of hydrogen-bond donors (Lipinski definition) is 1. The van der Waals surface area contributed by atoms with Gasteiger partial charge in [0, 0.05) is 25.1 Å². The number of aromatic nitrogens is 1. The molecule has 2 aromatic heterocycles. The summed E-state index contributed by atoms with van der Waals surface area (Å²) in [7, 11) is 0. The molecule has 0 aliphatic heterocycles. The molecule has 0 fully saturated rings. The Labute approximate surface area is 98.0 Å². The van der Waals surface area contributed by atoms with Gasteiger partial charge in [0.15, 0.2) is 0 Å². The quantitative estimate of drug-likeness (QED) is 0.847. The van der Waals surface area contributed by atoms with Crippen LogP contribution in [-0.2, 0) is 11.3 Å². The van der Waals surface area contributed by atoms with Gasteiger partial charge < -0.3 is 9.84 Å². The van der Waals surface area contributed by atoms with Crippen molar-refractivity contribution in [1.29, 1.82) is 0 Å². The normalized spacial score (nSPS) is 10.8. The van der Waals surface area contributed by atoms with Crippen LogP contribution in [0, 0.1) is 13.8 Å². The van der Waals surface area contributed by atoms with Gasteiger partial charge in [0.25, 0.3) is 5.56 Å². The lowest BCUT2D eigenvalue weighted by molar-refractivity contribution is -0.119. The van der Waals surface area contributed by atoms with E-state index in [1.165, 1.54) is 11.5 Å². The molecule has 5 nitrogen and oxygen atoms in total. The molecule has 1 amide bonds. The molecule has 90 valence electrons. The summed E-state index contributed by atoms with van der Waals surface area (Å²) in [6.07, 6.45) is 0. The minimum Gasteiger partial charge on any atom is -0.376 e. The Bertz CT molecular complexity index is 637. The highest BCUT2D eigenvalue weighted by atomic mass is 16.5. The maximum absolute atomic E-state index is 12.1. The molecule has 0 aliphatic carbocycles. The van der Waals surface area contributed by atoms with Gasteiger partial charge in [-0.25, -0.2) is 0 Å². The standard InChI is InChI=1S/C12H14N2O3/c1-7-4-10-5-8(2)17-14(10)12(16)11(7)6-13-9(3)15/h4-5H,6H2,1-3H3,(H,13,15). The summed E-state index contributed by atoms with van der Waals surface area (Å²) in [6, 6.07) is 3.67. The minimum absolute atomic E-state index is 0.162. The fraction of sp³-hybridized carbons (Fsp3) is 0.333. The van der Waals surface area contributed by atoms with Crippen molar-refractivity contribution in [2.75, 3.05) is 0 Å². The summed E-state index contributed by atoms with van der Waals surface area (Å²) in [5.74, 6) is 0.516. The molecule has 0 aromatic carbocycles. The highest BCUT2D eigenvalue weighted by Crippen LogP contribution is 2.11. The first kappa shape index (κ1) is 11.4. The summed E-state index contributed by atoms with van der Waals surface area (Å²) in [5.41, 5.74) is 1.91. The van der Waals surface area contributed by atoms with Gasteiger partial charge in [-0.05, 0) is 25.5 Å². The number of fused-ring (bicyclic) bond motifs is 1. The number of pyridine rings is 1. The van der Waals surface area contributed by atoms with Crippen LogP contribution in [0.1, 0.15) is 23.8 Å². The van der Waals surface area contributed by atoms with Crippen LogP contribution in [0.15, 0.2) is 21.5 Å². The van der Waals surface area contributed by atoms with Gasteiger partial charge in [-0.3, -0.25) is 9.59 Å². The topological polar surface area (TPSA) is 63.7 Å². The van der Waals surface area contributed by atoms with Crippen molar-refractivity contribution in [3.05, 3.63) is 39.4 Å². The molecule has 0 radical (unpaired) electrons. The largest absolute Gasteiger partial charge is 0.376 e. The van der Waals surface area contributed by atoms with E-state index in [1.807, 2.05) is 13.0 Å². The van der Waals surface area contributed by atoms with Gasteiger partial charge in [-0.15, -0.1) is 4.57 Å². The summed E-state index contributed by atoms with van der Waals surface area (Å²) in [5, 5.41) is 2.62. The number of carbonyl (C=O) groups is 1. The summed E-state index contributed by atoms with van der Waals surface area (Å²) in [4.78, 5) is 23.0. The van der Waals surface area contributed by atoms with Gasteiger partial charge in [0.2, 0.25) is 5.91 Å². The second-order valence-corrected chi connectivity index (χ2v) is 4.09. The predicted molar refractivity (Wildman–Crippen MR) is 62.9 cm³/mol. The van der Waals surface area contributed by atoms with Crippen LogP contribution in [-0.4, -0.2) is 10.5 Å². The van der Waals surface area contributed by atoms with E-state index in [1.54, 1.807) is 13.0 Å². The van der Waals surface area contributed by atoms with Crippen LogP contribution >= 0.6 is 0 Å². The van der Waals surface area contributed by atoms with E-state index in [4.69, 9.17) is 4.52 Å². The Morgan fingerprint density at radius 1 is 1.41 bits per heavy atom. The van der Waals surface area contributed by atoms with Gasteiger partial charge in [0.05, 0.1) is 5.52 Å². The first-order valence-corrected chi connectivity index (χ1v) is 5.35. The fourth-order valence-electron chi connectivity index (χ4n) is 1.78. The van der Waals surface area contributed by atoms with Crippen molar-refractivity contribution >= 4 is 11.4 Å². The molecule has 5 heteroatoms. The lowest BCUT2D eigenvalue weighted by Crippen LogP contribution is -2.27. The number of amides is 1. The lowest BCUT2D eigenvalue weighted by atomic mass is 10.1. The van der Waals surface area contributed by atoms with Crippen LogP contribution in [0.4, 0.5) is 0 Å². The molecule has 0 atom stereocenters. The fourth-order valence-corrected chi connectivity index (χ4v) is 1.78. The zero-order chi connectivity index (χ0) is 12.6. The molecule has 0 bridgehead atoms. The van der Waals surface area contributed by atoms with Gasteiger partial charge >= 0.3 is 0 Å². The number of carbonyl (C=O) groups excluding carboxylic acids is 1. The van der Waals surface area contributed by atoms with Crippen LogP contribution < -0.4 is 10.9 Å². The van der Waals surface area contributed by atoms with Crippen molar-refractivity contribution in [3.8, 4) is 0 Å². The first-order valence-electron chi connectivity index (χ1n) is 5.35. The molecule has 0 saturated heterocycles. The van der Waals surface area contributed by atoms with E-state index in [2.05, 4.69) is 5.32 Å². The van der Waals surface area contributed by atoms with Crippen molar-refractivity contribution in [1.82, 2.24) is 9.89 Å². The molecule has 17 heavy (non-hydrogen) atoms. The maximum atomic E-state index is 12.1. The minimum atomic E-state index is -0.221. The van der Waals surface area contributed by atoms with E-state index in [-0.39, 0.29) is 18.0 Å². The summed E-state index contributed by atoms with van der Waals surface area (Å²) < 4.78 is 6.54. The Morgan fingerprint density at radius 3 is 2.76 bits per heavy atom. The third kappa shape index (κ3) is 2.08. The Kier molecular flexibility index (Phi) is 2.75. The summed E-state index contributed by atoms with van der Waals surface area (Å²) in [6.45, 7) is 5.28. The van der Waals surface area contributed by atoms with Gasteiger partial charge in [-0.1, -0.05) is 0 Å². The average Bonchev–Trinajstić information content (AvgIpc) is 2.58. The molecular formula is C12H14N2O3. The van der Waals surface area contributed by atoms with E-state index < -0.39 is 0 Å².